The number of nitro benzene ring substituents is 1. The zero-order valence-corrected chi connectivity index (χ0v) is 12.2. The first-order valence-electron chi connectivity index (χ1n) is 5.77. The number of para-hydroxylation sites is 1. The van der Waals surface area contributed by atoms with Crippen molar-refractivity contribution in [1.82, 2.24) is 0 Å². The van der Waals surface area contributed by atoms with Gasteiger partial charge in [0.25, 0.3) is 11.4 Å². The number of thioether (sulfide) groups is 1. The molecule has 0 radical (unpaired) electrons. The lowest BCUT2D eigenvalue weighted by Crippen LogP contribution is -1.93. The third kappa shape index (κ3) is 4.61. The fraction of sp³-hybridized carbons (Fsp3) is 0.0769. The van der Waals surface area contributed by atoms with Crippen molar-refractivity contribution in [3.05, 3.63) is 58.6 Å². The molecular formula is C13H10F2N2O2S2. The van der Waals surface area contributed by atoms with Gasteiger partial charge >= 0.3 is 0 Å². The van der Waals surface area contributed by atoms with E-state index in [1.807, 2.05) is 0 Å². The van der Waals surface area contributed by atoms with E-state index in [1.165, 1.54) is 6.07 Å². The number of nitrogens with zero attached hydrogens (tertiary/aromatic N) is 1. The number of anilines is 1. The number of nitrogens with one attached hydrogen (secondary N) is 1. The summed E-state index contributed by atoms with van der Waals surface area (Å²) in [5.74, 6) is -2.45. The van der Waals surface area contributed by atoms with Crippen molar-refractivity contribution in [2.24, 2.45) is 0 Å². The van der Waals surface area contributed by atoms with E-state index in [2.05, 4.69) is 4.72 Å². The summed E-state index contributed by atoms with van der Waals surface area (Å²) in [4.78, 5) is 11.4. The average molecular weight is 328 g/mol. The molecule has 2 rings (SSSR count). The molecular weight excluding hydrogens is 318 g/mol. The van der Waals surface area contributed by atoms with Gasteiger partial charge in [0.15, 0.2) is 0 Å². The first-order valence-corrected chi connectivity index (χ1v) is 7.47. The van der Waals surface area contributed by atoms with Crippen molar-refractivity contribution in [3.8, 4) is 0 Å². The molecule has 0 saturated heterocycles. The lowest BCUT2D eigenvalue weighted by atomic mass is 10.3. The third-order valence-corrected chi connectivity index (χ3v) is 4.05. The van der Waals surface area contributed by atoms with E-state index < -0.39 is 10.7 Å². The molecule has 2 aromatic rings. The second-order valence-electron chi connectivity index (χ2n) is 3.83. The lowest BCUT2D eigenvalue weighted by Gasteiger charge is -2.07. The molecule has 0 atom stereocenters. The van der Waals surface area contributed by atoms with Crippen LogP contribution in [0.1, 0.15) is 0 Å². The number of alkyl halides is 2. The van der Waals surface area contributed by atoms with Gasteiger partial charge in [0.05, 0.1) is 4.92 Å². The second kappa shape index (κ2) is 7.28. The highest BCUT2D eigenvalue weighted by Gasteiger charge is 2.12. The molecule has 0 aromatic heterocycles. The van der Waals surface area contributed by atoms with Crippen LogP contribution in [0.5, 0.6) is 0 Å². The number of hydrogen-bond donors (Lipinski definition) is 1. The molecule has 21 heavy (non-hydrogen) atoms. The minimum atomic E-state index is -2.45. The summed E-state index contributed by atoms with van der Waals surface area (Å²) < 4.78 is 27.3. The molecule has 2 aromatic carbocycles. The molecule has 0 heterocycles. The molecule has 0 unspecified atom stereocenters. The van der Waals surface area contributed by atoms with E-state index >= 15 is 0 Å². The highest BCUT2D eigenvalue weighted by molar-refractivity contribution is 8.00. The van der Waals surface area contributed by atoms with Gasteiger partial charge in [0.2, 0.25) is 0 Å². The van der Waals surface area contributed by atoms with Crippen molar-refractivity contribution >= 4 is 35.1 Å². The largest absolute Gasteiger partial charge is 0.325 e. The van der Waals surface area contributed by atoms with Gasteiger partial charge in [-0.3, -0.25) is 10.1 Å². The first-order chi connectivity index (χ1) is 10.1. The van der Waals surface area contributed by atoms with Crippen molar-refractivity contribution in [1.29, 1.82) is 0 Å². The summed E-state index contributed by atoms with van der Waals surface area (Å²) in [6.45, 7) is 0. The molecule has 0 aliphatic heterocycles. The SMILES string of the molecule is O=[N+]([O-])c1ccccc1SNc1ccc(SC(F)F)cc1. The Morgan fingerprint density at radius 3 is 2.38 bits per heavy atom. The summed E-state index contributed by atoms with van der Waals surface area (Å²) in [5, 5.41) is 10.9. The van der Waals surface area contributed by atoms with Crippen LogP contribution in [0, 0.1) is 10.1 Å². The molecule has 0 bridgehead atoms. The molecule has 1 N–H and O–H groups in total. The van der Waals surface area contributed by atoms with E-state index in [0.717, 1.165) is 11.9 Å². The van der Waals surface area contributed by atoms with Gasteiger partial charge in [-0.1, -0.05) is 23.9 Å². The van der Waals surface area contributed by atoms with Crippen molar-refractivity contribution in [2.75, 3.05) is 4.72 Å². The molecule has 0 spiro atoms. The van der Waals surface area contributed by atoms with Gasteiger partial charge in [-0.2, -0.15) is 8.78 Å². The highest BCUT2D eigenvalue weighted by Crippen LogP contribution is 2.31. The van der Waals surface area contributed by atoms with Gasteiger partial charge in [-0.25, -0.2) is 0 Å². The highest BCUT2D eigenvalue weighted by atomic mass is 32.2. The second-order valence-corrected chi connectivity index (χ2v) is 5.74. The number of rotatable bonds is 6. The Balaban J connectivity index is 2.02. The standard InChI is InChI=1S/C13H10F2N2O2S2/c14-13(15)20-10-7-5-9(6-8-10)16-21-12-4-2-1-3-11(12)17(18)19/h1-8,13,16H. The van der Waals surface area contributed by atoms with Crippen LogP contribution < -0.4 is 4.72 Å². The van der Waals surface area contributed by atoms with Crippen molar-refractivity contribution in [3.63, 3.8) is 0 Å². The molecule has 0 fully saturated rings. The maximum absolute atomic E-state index is 12.2. The number of halogens is 2. The molecule has 0 saturated carbocycles. The van der Waals surface area contributed by atoms with Crippen LogP contribution in [0.3, 0.4) is 0 Å². The Labute approximate surface area is 128 Å². The minimum absolute atomic E-state index is 0.0138. The van der Waals surface area contributed by atoms with Crippen LogP contribution >= 0.6 is 23.7 Å². The first kappa shape index (κ1) is 15.6. The van der Waals surface area contributed by atoms with Gasteiger partial charge in [0, 0.05) is 16.6 Å². The van der Waals surface area contributed by atoms with Gasteiger partial charge < -0.3 is 4.72 Å². The zero-order valence-electron chi connectivity index (χ0n) is 10.5. The Bertz CT molecular complexity index is 624. The van der Waals surface area contributed by atoms with Crippen LogP contribution in [0.25, 0.3) is 0 Å². The van der Waals surface area contributed by atoms with Crippen LogP contribution in [0.15, 0.2) is 58.3 Å². The fourth-order valence-electron chi connectivity index (χ4n) is 1.51. The lowest BCUT2D eigenvalue weighted by molar-refractivity contribution is -0.387. The summed E-state index contributed by atoms with van der Waals surface area (Å²) in [6, 6.07) is 12.8. The van der Waals surface area contributed by atoms with Crippen LogP contribution in [0.4, 0.5) is 20.2 Å². The summed E-state index contributed by atoms with van der Waals surface area (Å²) in [6.07, 6.45) is 0. The molecule has 8 heteroatoms. The quantitative estimate of drug-likeness (QED) is 0.349. The predicted octanol–water partition coefficient (Wildman–Crippen LogP) is 5.03. The Kier molecular flexibility index (Phi) is 5.40. The number of hydrogen-bond acceptors (Lipinski definition) is 5. The van der Waals surface area contributed by atoms with E-state index in [9.17, 15) is 18.9 Å². The van der Waals surface area contributed by atoms with Crippen LogP contribution in [-0.4, -0.2) is 10.7 Å². The maximum atomic E-state index is 12.2. The Morgan fingerprint density at radius 1 is 1.10 bits per heavy atom. The topological polar surface area (TPSA) is 55.2 Å². The fourth-order valence-corrected chi connectivity index (χ4v) is 2.77. The van der Waals surface area contributed by atoms with E-state index in [-0.39, 0.29) is 5.69 Å². The van der Waals surface area contributed by atoms with Gasteiger partial charge in [-0.15, -0.1) is 0 Å². The molecule has 0 amide bonds. The summed E-state index contributed by atoms with van der Waals surface area (Å²) >= 11 is 1.57. The van der Waals surface area contributed by atoms with Crippen LogP contribution in [0.2, 0.25) is 0 Å². The normalized spacial score (nSPS) is 10.6. The minimum Gasteiger partial charge on any atom is -0.325 e. The molecule has 0 aliphatic rings. The summed E-state index contributed by atoms with van der Waals surface area (Å²) in [7, 11) is 0. The third-order valence-electron chi connectivity index (χ3n) is 2.42. The van der Waals surface area contributed by atoms with Crippen LogP contribution in [-0.2, 0) is 0 Å². The number of benzene rings is 2. The monoisotopic (exact) mass is 328 g/mol. The Morgan fingerprint density at radius 2 is 1.76 bits per heavy atom. The summed E-state index contributed by atoms with van der Waals surface area (Å²) in [5.41, 5.74) is 0.691. The average Bonchev–Trinajstić information content (AvgIpc) is 2.46. The van der Waals surface area contributed by atoms with Gasteiger partial charge in [0.1, 0.15) is 4.90 Å². The smallest absolute Gasteiger partial charge is 0.288 e. The Hall–Kier alpha value is -1.80. The molecule has 110 valence electrons. The zero-order chi connectivity index (χ0) is 15.2. The van der Waals surface area contributed by atoms with Crippen molar-refractivity contribution in [2.45, 2.75) is 15.5 Å². The predicted molar refractivity (Wildman–Crippen MR) is 80.9 cm³/mol. The molecule has 4 nitrogen and oxygen atoms in total. The van der Waals surface area contributed by atoms with Gasteiger partial charge in [-0.05, 0) is 42.3 Å². The van der Waals surface area contributed by atoms with E-state index in [0.29, 0.717) is 27.2 Å². The van der Waals surface area contributed by atoms with Crippen molar-refractivity contribution < 1.29 is 13.7 Å². The van der Waals surface area contributed by atoms with E-state index in [1.54, 1.807) is 42.5 Å². The number of nitro groups is 1. The maximum Gasteiger partial charge on any atom is 0.288 e. The molecule has 0 aliphatic carbocycles. The van der Waals surface area contributed by atoms with E-state index in [4.69, 9.17) is 0 Å².